The van der Waals surface area contributed by atoms with E-state index in [1.54, 1.807) is 18.3 Å². The molecule has 0 spiro atoms. The molecular weight excluding hydrogens is 414 g/mol. The molecule has 3 N–H and O–H groups in total. The van der Waals surface area contributed by atoms with E-state index in [0.717, 1.165) is 28.7 Å². The monoisotopic (exact) mass is 448 g/mol. The second-order valence-corrected chi connectivity index (χ2v) is 8.30. The fourth-order valence-electron chi connectivity index (χ4n) is 3.80. The van der Waals surface area contributed by atoms with E-state index in [-0.39, 0.29) is 5.75 Å². The maximum Gasteiger partial charge on any atom is 0.227 e. The van der Waals surface area contributed by atoms with Crippen molar-refractivity contribution in [3.8, 4) is 17.0 Å². The van der Waals surface area contributed by atoms with E-state index >= 15 is 0 Å². The zero-order valence-electron chi connectivity index (χ0n) is 22.3. The number of fused-ring (bicyclic) bond motifs is 1. The van der Waals surface area contributed by atoms with Crippen molar-refractivity contribution in [2.24, 2.45) is 7.05 Å². The summed E-state index contributed by atoms with van der Waals surface area (Å²) in [6.45, 7) is 1.51. The summed E-state index contributed by atoms with van der Waals surface area (Å²) in [5.74, 6) is 0.430. The van der Waals surface area contributed by atoms with Crippen molar-refractivity contribution in [1.29, 1.82) is 0 Å². The van der Waals surface area contributed by atoms with Crippen molar-refractivity contribution < 1.29 is 8.85 Å². The van der Waals surface area contributed by atoms with Gasteiger partial charge in [-0.25, -0.2) is 9.97 Å². The minimum absolute atomic E-state index is 0.134. The van der Waals surface area contributed by atoms with Crippen molar-refractivity contribution in [1.82, 2.24) is 19.4 Å². The maximum absolute atomic E-state index is 7.64. The fraction of sp³-hybridized carbons (Fsp3) is 0.280. The molecule has 0 aliphatic rings. The summed E-state index contributed by atoms with van der Waals surface area (Å²) < 4.78 is 30.3. The molecule has 0 amide bonds. The van der Waals surface area contributed by atoms with Crippen LogP contribution >= 0.6 is 0 Å². The number of aromatic nitrogens is 3. The lowest BCUT2D eigenvalue weighted by Crippen LogP contribution is -2.29. The second kappa shape index (κ2) is 9.38. The van der Waals surface area contributed by atoms with E-state index in [2.05, 4.69) is 26.3 Å². The third-order valence-electron chi connectivity index (χ3n) is 5.61. The molecule has 0 aliphatic heterocycles. The summed E-state index contributed by atoms with van der Waals surface area (Å²) in [6.07, 6.45) is 3.68. The van der Waals surface area contributed by atoms with Gasteiger partial charge in [0, 0.05) is 62.1 Å². The highest BCUT2D eigenvalue weighted by atomic mass is 16.5. The molecule has 0 bridgehead atoms. The molecule has 0 saturated heterocycles. The van der Waals surface area contributed by atoms with Crippen molar-refractivity contribution in [3.63, 3.8) is 0 Å². The van der Waals surface area contributed by atoms with Gasteiger partial charge in [-0.05, 0) is 32.3 Å². The Morgan fingerprint density at radius 2 is 1.97 bits per heavy atom. The number of para-hydroxylation sites is 1. The van der Waals surface area contributed by atoms with Crippen LogP contribution < -0.4 is 20.7 Å². The standard InChI is InChI=1S/C25H31N7O/c1-30(2)12-13-31(3)23-15-24(33-5)21(14-19(23)26)29-25-27-11-10-20(28-25)18-16-32(4)22-9-7-6-8-17(18)22/h6-11,14-16H,12-13,26H2,1-5H3,(H,27,28,29)/i5D3. The molecule has 8 heteroatoms. The van der Waals surface area contributed by atoms with Crippen molar-refractivity contribution in [2.75, 3.05) is 57.2 Å². The van der Waals surface area contributed by atoms with E-state index in [1.807, 2.05) is 68.1 Å². The van der Waals surface area contributed by atoms with Crippen molar-refractivity contribution in [3.05, 3.63) is 54.9 Å². The minimum Gasteiger partial charge on any atom is -0.494 e. The molecule has 4 rings (SSSR count). The molecule has 0 radical (unpaired) electrons. The van der Waals surface area contributed by atoms with Gasteiger partial charge >= 0.3 is 0 Å². The number of methoxy groups -OCH3 is 1. The zero-order chi connectivity index (χ0) is 26.0. The molecule has 0 saturated carbocycles. The van der Waals surface area contributed by atoms with Gasteiger partial charge in [-0.1, -0.05) is 18.2 Å². The molecule has 2 aromatic carbocycles. The Bertz CT molecular complexity index is 1370. The van der Waals surface area contributed by atoms with Crippen LogP contribution in [0.4, 0.5) is 23.0 Å². The molecule has 4 aromatic rings. The van der Waals surface area contributed by atoms with E-state index in [4.69, 9.17) is 14.6 Å². The molecular formula is C25H31N7O. The number of nitrogens with one attached hydrogen (secondary N) is 1. The number of rotatable bonds is 8. The van der Waals surface area contributed by atoms with Gasteiger partial charge in [0.1, 0.15) is 5.75 Å². The van der Waals surface area contributed by atoms with Gasteiger partial charge in [-0.3, -0.25) is 0 Å². The van der Waals surface area contributed by atoms with E-state index in [0.29, 0.717) is 29.6 Å². The van der Waals surface area contributed by atoms with Crippen LogP contribution in [0.2, 0.25) is 0 Å². The summed E-state index contributed by atoms with van der Waals surface area (Å²) in [6, 6.07) is 13.2. The Kier molecular flexibility index (Phi) is 5.33. The number of nitrogen functional groups attached to an aromatic ring is 1. The van der Waals surface area contributed by atoms with Crippen LogP contribution in [-0.4, -0.2) is 60.7 Å². The molecule has 2 aromatic heterocycles. The molecule has 172 valence electrons. The van der Waals surface area contributed by atoms with Crippen molar-refractivity contribution in [2.45, 2.75) is 0 Å². The summed E-state index contributed by atoms with van der Waals surface area (Å²) >= 11 is 0. The number of ether oxygens (including phenoxy) is 1. The Labute approximate surface area is 198 Å². The van der Waals surface area contributed by atoms with Gasteiger partial charge in [0.25, 0.3) is 0 Å². The minimum atomic E-state index is -2.64. The van der Waals surface area contributed by atoms with E-state index < -0.39 is 7.04 Å². The molecule has 0 atom stereocenters. The summed E-state index contributed by atoms with van der Waals surface area (Å²) in [4.78, 5) is 13.0. The van der Waals surface area contributed by atoms with Gasteiger partial charge in [0.2, 0.25) is 5.95 Å². The molecule has 2 heterocycles. The number of nitrogens with zero attached hydrogens (tertiary/aromatic N) is 5. The highest BCUT2D eigenvalue weighted by Crippen LogP contribution is 2.36. The lowest BCUT2D eigenvalue weighted by molar-refractivity contribution is 0.413. The highest BCUT2D eigenvalue weighted by molar-refractivity contribution is 5.95. The largest absolute Gasteiger partial charge is 0.494 e. The van der Waals surface area contributed by atoms with Crippen LogP contribution in [0.5, 0.6) is 5.75 Å². The number of nitrogens with two attached hydrogens (primary N) is 1. The molecule has 0 aliphatic carbocycles. The van der Waals surface area contributed by atoms with Crippen LogP contribution in [0.1, 0.15) is 4.11 Å². The molecule has 8 nitrogen and oxygen atoms in total. The average Bonchev–Trinajstić information content (AvgIpc) is 3.15. The van der Waals surface area contributed by atoms with Gasteiger partial charge in [-0.2, -0.15) is 0 Å². The third kappa shape index (κ3) is 4.70. The van der Waals surface area contributed by atoms with Gasteiger partial charge in [0.15, 0.2) is 0 Å². The lowest BCUT2D eigenvalue weighted by Gasteiger charge is -2.24. The van der Waals surface area contributed by atoms with Crippen molar-refractivity contribution >= 4 is 33.9 Å². The average molecular weight is 449 g/mol. The SMILES string of the molecule is [2H]C([2H])([2H])Oc1cc(N(C)CCN(C)C)c(N)cc1Nc1nccc(-c2cn(C)c3ccccc23)n1. The topological polar surface area (TPSA) is 84.5 Å². The second-order valence-electron chi connectivity index (χ2n) is 8.30. The quantitative estimate of drug-likeness (QED) is 0.395. The summed E-state index contributed by atoms with van der Waals surface area (Å²) in [5, 5.41) is 4.18. The molecule has 0 unspecified atom stereocenters. The summed E-state index contributed by atoms with van der Waals surface area (Å²) in [5.41, 5.74) is 10.7. The van der Waals surface area contributed by atoms with Gasteiger partial charge in [0.05, 0.1) is 33.9 Å². The molecule has 33 heavy (non-hydrogen) atoms. The zero-order valence-corrected chi connectivity index (χ0v) is 19.3. The highest BCUT2D eigenvalue weighted by Gasteiger charge is 2.15. The van der Waals surface area contributed by atoms with Crippen LogP contribution in [0, 0.1) is 0 Å². The smallest absolute Gasteiger partial charge is 0.227 e. The number of hydrogen-bond acceptors (Lipinski definition) is 7. The first-order chi connectivity index (χ1) is 17.0. The Hall–Kier alpha value is -3.78. The van der Waals surface area contributed by atoms with Crippen LogP contribution in [0.15, 0.2) is 54.9 Å². The number of likely N-dealkylation sites (N-methyl/N-ethyl adjacent to an activating group) is 2. The number of benzene rings is 2. The lowest BCUT2D eigenvalue weighted by atomic mass is 10.1. The fourth-order valence-corrected chi connectivity index (χ4v) is 3.80. The Morgan fingerprint density at radius 3 is 2.76 bits per heavy atom. The Balaban J connectivity index is 1.69. The van der Waals surface area contributed by atoms with E-state index in [9.17, 15) is 0 Å². The normalized spacial score (nSPS) is 12.9. The first-order valence-corrected chi connectivity index (χ1v) is 10.6. The Morgan fingerprint density at radius 1 is 1.15 bits per heavy atom. The summed E-state index contributed by atoms with van der Waals surface area (Å²) in [7, 11) is 5.22. The van der Waals surface area contributed by atoms with Gasteiger partial charge in [-0.15, -0.1) is 0 Å². The predicted molar refractivity (Wildman–Crippen MR) is 136 cm³/mol. The van der Waals surface area contributed by atoms with E-state index in [1.165, 1.54) is 0 Å². The first kappa shape index (κ1) is 18.8. The van der Waals surface area contributed by atoms with Gasteiger partial charge < -0.3 is 30.2 Å². The maximum atomic E-state index is 7.64. The van der Waals surface area contributed by atoms with Crippen LogP contribution in [0.3, 0.4) is 0 Å². The predicted octanol–water partition coefficient (Wildman–Crippen LogP) is 3.97. The number of hydrogen-bond donors (Lipinski definition) is 2. The third-order valence-corrected chi connectivity index (χ3v) is 5.61. The molecule has 0 fully saturated rings. The van der Waals surface area contributed by atoms with Crippen LogP contribution in [-0.2, 0) is 7.05 Å². The first-order valence-electron chi connectivity index (χ1n) is 12.1. The van der Waals surface area contributed by atoms with Crippen LogP contribution in [0.25, 0.3) is 22.2 Å². The number of aryl methyl sites for hydroxylation is 1. The number of anilines is 4.